The number of hydrogen-bond acceptors (Lipinski definition) is 3. The molecule has 13 heavy (non-hydrogen) atoms. The van der Waals surface area contributed by atoms with Gasteiger partial charge < -0.3 is 10.8 Å². The Morgan fingerprint density at radius 2 is 2.23 bits per heavy atom. The second-order valence-electron chi connectivity index (χ2n) is 2.65. The summed E-state index contributed by atoms with van der Waals surface area (Å²) < 4.78 is 0. The molecule has 0 atom stereocenters. The molecule has 0 aliphatic carbocycles. The van der Waals surface area contributed by atoms with Crippen molar-refractivity contribution in [3.05, 3.63) is 29.3 Å². The highest BCUT2D eigenvalue weighted by molar-refractivity contribution is 5.82. The number of aldehydes is 1. The van der Waals surface area contributed by atoms with Gasteiger partial charge in [-0.15, -0.1) is 0 Å². The molecule has 0 saturated heterocycles. The van der Waals surface area contributed by atoms with Crippen LogP contribution >= 0.6 is 0 Å². The summed E-state index contributed by atoms with van der Waals surface area (Å²) in [6.07, 6.45) is 0.441. The van der Waals surface area contributed by atoms with E-state index in [0.717, 1.165) is 0 Å². The highest BCUT2D eigenvalue weighted by atomic mass is 16.4. The van der Waals surface area contributed by atoms with Gasteiger partial charge in [-0.3, -0.25) is 9.59 Å². The predicted molar refractivity (Wildman–Crippen MR) is 47.6 cm³/mol. The average Bonchev–Trinajstić information content (AvgIpc) is 2.03. The zero-order valence-corrected chi connectivity index (χ0v) is 6.86. The van der Waals surface area contributed by atoms with Crippen LogP contribution in [0, 0.1) is 0 Å². The standard InChI is InChI=1S/C9H9NO3/c10-8-2-1-6(5-11)7(3-8)4-9(12)13/h1-3,5H,4,10H2,(H,12,13). The van der Waals surface area contributed by atoms with Crippen LogP contribution in [0.5, 0.6) is 0 Å². The van der Waals surface area contributed by atoms with Crippen LogP contribution in [0.4, 0.5) is 5.69 Å². The lowest BCUT2D eigenvalue weighted by Crippen LogP contribution is -2.04. The predicted octanol–water partition coefficient (Wildman–Crippen LogP) is 0.708. The Hall–Kier alpha value is -1.84. The molecule has 0 spiro atoms. The maximum atomic E-state index is 10.5. The maximum absolute atomic E-state index is 10.5. The van der Waals surface area contributed by atoms with Gasteiger partial charge in [-0.25, -0.2) is 0 Å². The molecule has 1 aromatic carbocycles. The summed E-state index contributed by atoms with van der Waals surface area (Å²) in [6.45, 7) is 0. The van der Waals surface area contributed by atoms with Crippen LogP contribution in [0.3, 0.4) is 0 Å². The first-order valence-electron chi connectivity index (χ1n) is 3.69. The van der Waals surface area contributed by atoms with Gasteiger partial charge in [0.2, 0.25) is 0 Å². The molecule has 0 aliphatic heterocycles. The topological polar surface area (TPSA) is 80.4 Å². The van der Waals surface area contributed by atoms with Crippen molar-refractivity contribution < 1.29 is 14.7 Å². The Labute approximate surface area is 75.0 Å². The Balaban J connectivity index is 3.07. The van der Waals surface area contributed by atoms with Crippen LogP contribution in [0.2, 0.25) is 0 Å². The molecule has 0 heterocycles. The highest BCUT2D eigenvalue weighted by Crippen LogP contribution is 2.12. The largest absolute Gasteiger partial charge is 0.481 e. The molecule has 4 heteroatoms. The third-order valence-electron chi connectivity index (χ3n) is 1.64. The van der Waals surface area contributed by atoms with Gasteiger partial charge in [0.25, 0.3) is 0 Å². The minimum absolute atomic E-state index is 0.181. The van der Waals surface area contributed by atoms with E-state index >= 15 is 0 Å². The quantitative estimate of drug-likeness (QED) is 0.529. The number of aliphatic carboxylic acids is 1. The zero-order valence-electron chi connectivity index (χ0n) is 6.86. The van der Waals surface area contributed by atoms with Crippen molar-refractivity contribution in [3.8, 4) is 0 Å². The molecule has 1 rings (SSSR count). The number of carbonyl (C=O) groups excluding carboxylic acids is 1. The molecular formula is C9H9NO3. The molecule has 0 radical (unpaired) electrons. The van der Waals surface area contributed by atoms with Crippen LogP contribution in [-0.2, 0) is 11.2 Å². The van der Waals surface area contributed by atoms with Crippen molar-refractivity contribution in [3.63, 3.8) is 0 Å². The summed E-state index contributed by atoms with van der Waals surface area (Å²) in [5, 5.41) is 8.52. The van der Waals surface area contributed by atoms with Crippen molar-refractivity contribution in [1.29, 1.82) is 0 Å². The fraction of sp³-hybridized carbons (Fsp3) is 0.111. The summed E-state index contributed by atoms with van der Waals surface area (Å²) in [5.41, 5.74) is 6.73. The number of rotatable bonds is 3. The number of benzene rings is 1. The molecule has 0 aliphatic rings. The maximum Gasteiger partial charge on any atom is 0.307 e. The van der Waals surface area contributed by atoms with E-state index in [1.54, 1.807) is 6.07 Å². The van der Waals surface area contributed by atoms with E-state index in [2.05, 4.69) is 0 Å². The third kappa shape index (κ3) is 2.30. The van der Waals surface area contributed by atoms with E-state index in [9.17, 15) is 9.59 Å². The SMILES string of the molecule is Nc1ccc(C=O)c(CC(=O)O)c1. The monoisotopic (exact) mass is 179 g/mol. The van der Waals surface area contributed by atoms with Crippen LogP contribution in [0.1, 0.15) is 15.9 Å². The fourth-order valence-corrected chi connectivity index (χ4v) is 1.06. The molecule has 4 nitrogen and oxygen atoms in total. The van der Waals surface area contributed by atoms with E-state index < -0.39 is 5.97 Å². The molecule has 0 amide bonds. The molecule has 1 aromatic rings. The lowest BCUT2D eigenvalue weighted by molar-refractivity contribution is -0.136. The van der Waals surface area contributed by atoms with Gasteiger partial charge in [-0.1, -0.05) is 0 Å². The second-order valence-corrected chi connectivity index (χ2v) is 2.65. The Bertz CT molecular complexity index is 347. The van der Waals surface area contributed by atoms with E-state index in [-0.39, 0.29) is 6.42 Å². The Morgan fingerprint density at radius 1 is 1.54 bits per heavy atom. The van der Waals surface area contributed by atoms with Gasteiger partial charge in [0, 0.05) is 11.3 Å². The van der Waals surface area contributed by atoms with Crippen LogP contribution in [0.15, 0.2) is 18.2 Å². The average molecular weight is 179 g/mol. The zero-order chi connectivity index (χ0) is 9.84. The molecule has 0 fully saturated rings. The van der Waals surface area contributed by atoms with Crippen molar-refractivity contribution >= 4 is 17.9 Å². The lowest BCUT2D eigenvalue weighted by atomic mass is 10.0. The number of hydrogen-bond donors (Lipinski definition) is 2. The van der Waals surface area contributed by atoms with Gasteiger partial charge in [0.05, 0.1) is 6.42 Å². The molecule has 0 aromatic heterocycles. The second kappa shape index (κ2) is 3.71. The highest BCUT2D eigenvalue weighted by Gasteiger charge is 2.06. The summed E-state index contributed by atoms with van der Waals surface area (Å²) in [5.74, 6) is -0.978. The molecule has 3 N–H and O–H groups in total. The van der Waals surface area contributed by atoms with E-state index in [1.807, 2.05) is 0 Å². The van der Waals surface area contributed by atoms with Crippen LogP contribution in [-0.4, -0.2) is 17.4 Å². The Kier molecular flexibility index (Phi) is 2.64. The fourth-order valence-electron chi connectivity index (χ4n) is 1.06. The first-order chi connectivity index (χ1) is 6.13. The van der Waals surface area contributed by atoms with Crippen molar-refractivity contribution in [2.45, 2.75) is 6.42 Å². The van der Waals surface area contributed by atoms with Gasteiger partial charge in [-0.2, -0.15) is 0 Å². The van der Waals surface area contributed by atoms with Gasteiger partial charge in [-0.05, 0) is 23.8 Å². The number of carboxylic acids is 1. The van der Waals surface area contributed by atoms with Gasteiger partial charge >= 0.3 is 5.97 Å². The van der Waals surface area contributed by atoms with Crippen molar-refractivity contribution in [2.24, 2.45) is 0 Å². The Morgan fingerprint density at radius 3 is 2.77 bits per heavy atom. The normalized spacial score (nSPS) is 9.54. The van der Waals surface area contributed by atoms with E-state index in [4.69, 9.17) is 10.8 Å². The van der Waals surface area contributed by atoms with E-state index in [0.29, 0.717) is 23.1 Å². The van der Waals surface area contributed by atoms with Gasteiger partial charge in [0.15, 0.2) is 0 Å². The summed E-state index contributed by atoms with van der Waals surface area (Å²) >= 11 is 0. The first kappa shape index (κ1) is 9.25. The summed E-state index contributed by atoms with van der Waals surface area (Å²) in [6, 6.07) is 4.58. The number of nitrogens with two attached hydrogens (primary N) is 1. The summed E-state index contributed by atoms with van der Waals surface area (Å²) in [7, 11) is 0. The summed E-state index contributed by atoms with van der Waals surface area (Å²) in [4.78, 5) is 20.9. The molecule has 68 valence electrons. The first-order valence-corrected chi connectivity index (χ1v) is 3.69. The van der Waals surface area contributed by atoms with Crippen molar-refractivity contribution in [1.82, 2.24) is 0 Å². The molecule has 0 saturated carbocycles. The number of carboxylic acid groups (broad SMARTS) is 1. The third-order valence-corrected chi connectivity index (χ3v) is 1.64. The van der Waals surface area contributed by atoms with Crippen molar-refractivity contribution in [2.75, 3.05) is 5.73 Å². The van der Waals surface area contributed by atoms with E-state index in [1.165, 1.54) is 12.1 Å². The molecular weight excluding hydrogens is 170 g/mol. The smallest absolute Gasteiger partial charge is 0.307 e. The minimum atomic E-state index is -0.978. The molecule has 0 unspecified atom stereocenters. The minimum Gasteiger partial charge on any atom is -0.481 e. The lowest BCUT2D eigenvalue weighted by Gasteiger charge is -2.02. The number of carbonyl (C=O) groups is 2. The number of anilines is 1. The van der Waals surface area contributed by atoms with Crippen LogP contribution < -0.4 is 5.73 Å². The van der Waals surface area contributed by atoms with Gasteiger partial charge in [0.1, 0.15) is 6.29 Å². The number of nitrogen functional groups attached to an aromatic ring is 1. The molecule has 0 bridgehead atoms. The van der Waals surface area contributed by atoms with Crippen LogP contribution in [0.25, 0.3) is 0 Å².